The van der Waals surface area contributed by atoms with Crippen LogP contribution in [0.2, 0.25) is 0 Å². The Morgan fingerprint density at radius 3 is 2.80 bits per heavy atom. The second kappa shape index (κ2) is 5.92. The highest BCUT2D eigenvalue weighted by atomic mass is 16.5. The molecule has 0 aromatic carbocycles. The summed E-state index contributed by atoms with van der Waals surface area (Å²) >= 11 is 0. The van der Waals surface area contributed by atoms with Crippen molar-refractivity contribution in [2.24, 2.45) is 5.92 Å². The molecule has 1 unspecified atom stereocenters. The first-order valence-electron chi connectivity index (χ1n) is 5.39. The van der Waals surface area contributed by atoms with Crippen LogP contribution in [0.5, 0.6) is 0 Å². The molecule has 1 aliphatic heterocycles. The summed E-state index contributed by atoms with van der Waals surface area (Å²) in [5, 5.41) is 14.6. The maximum atomic E-state index is 11.5. The van der Waals surface area contributed by atoms with Gasteiger partial charge in [0, 0.05) is 6.61 Å². The Hall–Kier alpha value is -0.810. The minimum atomic E-state index is -0.224. The summed E-state index contributed by atoms with van der Waals surface area (Å²) in [4.78, 5) is 11.5. The Bertz CT molecular complexity index is 203. The Morgan fingerprint density at radius 1 is 1.60 bits per heavy atom. The second-order valence-electron chi connectivity index (χ2n) is 4.21. The molecule has 1 fully saturated rings. The molecular formula is C10H20N2O3. The number of urea groups is 1. The zero-order chi connectivity index (χ0) is 11.3. The smallest absolute Gasteiger partial charge is 0.315 e. The van der Waals surface area contributed by atoms with Gasteiger partial charge in [0.25, 0.3) is 0 Å². The van der Waals surface area contributed by atoms with E-state index in [1.807, 2.05) is 13.8 Å². The molecule has 0 bridgehead atoms. The van der Waals surface area contributed by atoms with Gasteiger partial charge in [-0.05, 0) is 12.3 Å². The van der Waals surface area contributed by atoms with Crippen LogP contribution in [0.4, 0.5) is 4.79 Å². The van der Waals surface area contributed by atoms with Gasteiger partial charge in [0.15, 0.2) is 0 Å². The topological polar surface area (TPSA) is 70.6 Å². The molecule has 2 atom stereocenters. The van der Waals surface area contributed by atoms with Crippen molar-refractivity contribution < 1.29 is 14.6 Å². The van der Waals surface area contributed by atoms with Crippen LogP contribution in [0.1, 0.15) is 20.3 Å². The lowest BCUT2D eigenvalue weighted by atomic mass is 10.1. The van der Waals surface area contributed by atoms with Crippen LogP contribution in [0, 0.1) is 5.92 Å². The lowest BCUT2D eigenvalue weighted by Gasteiger charge is -2.21. The minimum absolute atomic E-state index is 0.0355. The first-order valence-corrected chi connectivity index (χ1v) is 5.39. The third-order valence-corrected chi connectivity index (χ3v) is 2.58. The average molecular weight is 216 g/mol. The van der Waals surface area contributed by atoms with Crippen molar-refractivity contribution in [3.63, 3.8) is 0 Å². The summed E-state index contributed by atoms with van der Waals surface area (Å²) < 4.78 is 5.14. The maximum Gasteiger partial charge on any atom is 0.315 e. The average Bonchev–Trinajstić information content (AvgIpc) is 2.66. The van der Waals surface area contributed by atoms with Gasteiger partial charge in [0.2, 0.25) is 0 Å². The number of carbonyl (C=O) groups is 1. The van der Waals surface area contributed by atoms with Crippen molar-refractivity contribution in [2.45, 2.75) is 32.4 Å². The van der Waals surface area contributed by atoms with E-state index in [-0.39, 0.29) is 30.6 Å². The van der Waals surface area contributed by atoms with Crippen molar-refractivity contribution in [1.29, 1.82) is 0 Å². The van der Waals surface area contributed by atoms with Gasteiger partial charge in [-0.2, -0.15) is 0 Å². The van der Waals surface area contributed by atoms with E-state index in [4.69, 9.17) is 9.84 Å². The summed E-state index contributed by atoms with van der Waals surface area (Å²) in [5.74, 6) is 0.223. The first kappa shape index (κ1) is 12.3. The van der Waals surface area contributed by atoms with E-state index in [2.05, 4.69) is 10.6 Å². The summed E-state index contributed by atoms with van der Waals surface area (Å²) in [6.07, 6.45) is 0.860. The van der Waals surface area contributed by atoms with Gasteiger partial charge in [-0.25, -0.2) is 4.79 Å². The van der Waals surface area contributed by atoms with Crippen LogP contribution >= 0.6 is 0 Å². The molecule has 1 heterocycles. The van der Waals surface area contributed by atoms with E-state index in [1.54, 1.807) is 0 Å². The summed E-state index contributed by atoms with van der Waals surface area (Å²) in [6, 6.07) is -0.304. The van der Waals surface area contributed by atoms with E-state index in [0.717, 1.165) is 6.42 Å². The zero-order valence-electron chi connectivity index (χ0n) is 9.32. The number of carbonyl (C=O) groups excluding carboxylic acids is 1. The van der Waals surface area contributed by atoms with E-state index in [9.17, 15) is 4.79 Å². The van der Waals surface area contributed by atoms with Gasteiger partial charge < -0.3 is 20.5 Å². The Kier molecular flexibility index (Phi) is 4.84. The quantitative estimate of drug-likeness (QED) is 0.624. The standard InChI is InChI=1S/C10H20N2O3/c1-7(2)9(5-13)12-10(14)11-8-3-4-15-6-8/h7-9,13H,3-6H2,1-2H3,(H2,11,12,14)/t8?,9-/m1/s1. The molecular weight excluding hydrogens is 196 g/mol. The van der Waals surface area contributed by atoms with Gasteiger partial charge >= 0.3 is 6.03 Å². The first-order chi connectivity index (χ1) is 7.13. The second-order valence-corrected chi connectivity index (χ2v) is 4.21. The van der Waals surface area contributed by atoms with E-state index >= 15 is 0 Å². The van der Waals surface area contributed by atoms with Crippen molar-refractivity contribution in [3.05, 3.63) is 0 Å². The number of hydrogen-bond donors (Lipinski definition) is 3. The molecule has 5 nitrogen and oxygen atoms in total. The minimum Gasteiger partial charge on any atom is -0.394 e. The largest absolute Gasteiger partial charge is 0.394 e. The fraction of sp³-hybridized carbons (Fsp3) is 0.900. The van der Waals surface area contributed by atoms with Gasteiger partial charge in [-0.3, -0.25) is 0 Å². The molecule has 0 radical (unpaired) electrons. The molecule has 3 N–H and O–H groups in total. The zero-order valence-corrected chi connectivity index (χ0v) is 9.32. The van der Waals surface area contributed by atoms with E-state index in [1.165, 1.54) is 0 Å². The van der Waals surface area contributed by atoms with Crippen LogP contribution in [0.3, 0.4) is 0 Å². The summed E-state index contributed by atoms with van der Waals surface area (Å²) in [6.45, 7) is 5.17. The lowest BCUT2D eigenvalue weighted by Crippen LogP contribution is -2.49. The highest BCUT2D eigenvalue weighted by Gasteiger charge is 2.20. The molecule has 0 aromatic rings. The van der Waals surface area contributed by atoms with E-state index in [0.29, 0.717) is 13.2 Å². The maximum absolute atomic E-state index is 11.5. The van der Waals surface area contributed by atoms with Crippen molar-refractivity contribution in [3.8, 4) is 0 Å². The molecule has 0 saturated carbocycles. The molecule has 0 aromatic heterocycles. The number of amides is 2. The summed E-state index contributed by atoms with van der Waals surface area (Å²) in [5.41, 5.74) is 0. The molecule has 2 amide bonds. The van der Waals surface area contributed by atoms with Crippen LogP contribution in [-0.2, 0) is 4.74 Å². The molecule has 0 aliphatic carbocycles. The Morgan fingerprint density at radius 2 is 2.33 bits per heavy atom. The van der Waals surface area contributed by atoms with E-state index < -0.39 is 0 Å². The lowest BCUT2D eigenvalue weighted by molar-refractivity contribution is 0.183. The number of ether oxygens (including phenoxy) is 1. The molecule has 1 saturated heterocycles. The molecule has 15 heavy (non-hydrogen) atoms. The third-order valence-electron chi connectivity index (χ3n) is 2.58. The van der Waals surface area contributed by atoms with Crippen LogP contribution < -0.4 is 10.6 Å². The SMILES string of the molecule is CC(C)[C@@H](CO)NC(=O)NC1CCOC1. The van der Waals surface area contributed by atoms with Gasteiger partial charge in [-0.15, -0.1) is 0 Å². The van der Waals surface area contributed by atoms with Gasteiger partial charge in [-0.1, -0.05) is 13.8 Å². The monoisotopic (exact) mass is 216 g/mol. The van der Waals surface area contributed by atoms with Crippen molar-refractivity contribution >= 4 is 6.03 Å². The van der Waals surface area contributed by atoms with Crippen LogP contribution in [0.15, 0.2) is 0 Å². The normalized spacial score (nSPS) is 22.8. The van der Waals surface area contributed by atoms with Crippen LogP contribution in [-0.4, -0.2) is 43.0 Å². The highest BCUT2D eigenvalue weighted by Crippen LogP contribution is 2.04. The molecule has 1 aliphatic rings. The molecule has 0 spiro atoms. The fourth-order valence-electron chi connectivity index (χ4n) is 1.47. The highest BCUT2D eigenvalue weighted by molar-refractivity contribution is 5.74. The predicted octanol–water partition coefficient (Wildman–Crippen LogP) is 0.0914. The number of nitrogens with one attached hydrogen (secondary N) is 2. The number of aliphatic hydroxyl groups excluding tert-OH is 1. The number of aliphatic hydroxyl groups is 1. The Labute approximate surface area is 90.2 Å². The van der Waals surface area contributed by atoms with Crippen molar-refractivity contribution in [1.82, 2.24) is 10.6 Å². The summed E-state index contributed by atoms with van der Waals surface area (Å²) in [7, 11) is 0. The molecule has 5 heteroatoms. The van der Waals surface area contributed by atoms with Gasteiger partial charge in [0.1, 0.15) is 0 Å². The molecule has 88 valence electrons. The fourth-order valence-corrected chi connectivity index (χ4v) is 1.47. The number of hydrogen-bond acceptors (Lipinski definition) is 3. The van der Waals surface area contributed by atoms with Crippen LogP contribution in [0.25, 0.3) is 0 Å². The van der Waals surface area contributed by atoms with Gasteiger partial charge in [0.05, 0.1) is 25.3 Å². The Balaban J connectivity index is 2.27. The molecule has 1 rings (SSSR count). The van der Waals surface area contributed by atoms with Crippen molar-refractivity contribution in [2.75, 3.05) is 19.8 Å². The third kappa shape index (κ3) is 4.05. The number of rotatable bonds is 4. The predicted molar refractivity (Wildman–Crippen MR) is 56.6 cm³/mol.